The zero-order valence-corrected chi connectivity index (χ0v) is 11.5. The lowest BCUT2D eigenvalue weighted by atomic mass is 9.94. The van der Waals surface area contributed by atoms with Gasteiger partial charge in [-0.15, -0.1) is 0 Å². The van der Waals surface area contributed by atoms with Crippen LogP contribution < -0.4 is 5.32 Å². The molecule has 1 heterocycles. The fraction of sp³-hybridized carbons (Fsp3) is 0.692. The molecular formula is C13H22N2O3. The van der Waals surface area contributed by atoms with Gasteiger partial charge in [0, 0.05) is 5.41 Å². The third-order valence-corrected chi connectivity index (χ3v) is 2.67. The molecule has 1 unspecified atom stereocenters. The molecule has 0 aromatic carbocycles. The summed E-state index contributed by atoms with van der Waals surface area (Å²) in [6.07, 6.45) is 3.12. The van der Waals surface area contributed by atoms with Crippen molar-refractivity contribution in [2.45, 2.75) is 58.5 Å². The van der Waals surface area contributed by atoms with Crippen molar-refractivity contribution in [2.75, 3.05) is 0 Å². The quantitative estimate of drug-likeness (QED) is 0.814. The second-order valence-electron chi connectivity index (χ2n) is 5.43. The van der Waals surface area contributed by atoms with E-state index in [0.29, 0.717) is 18.9 Å². The normalized spacial score (nSPS) is 13.6. The average Bonchev–Trinajstić information content (AvgIpc) is 2.71. The Kier molecular flexibility index (Phi) is 4.90. The van der Waals surface area contributed by atoms with Crippen LogP contribution in [0.2, 0.25) is 0 Å². The molecule has 1 rings (SSSR count). The van der Waals surface area contributed by atoms with E-state index in [1.165, 1.54) is 0 Å². The van der Waals surface area contributed by atoms with Crippen molar-refractivity contribution in [2.24, 2.45) is 0 Å². The van der Waals surface area contributed by atoms with E-state index in [0.717, 1.165) is 12.2 Å². The van der Waals surface area contributed by atoms with Crippen LogP contribution in [0.1, 0.15) is 52.2 Å². The minimum absolute atomic E-state index is 0.0825. The zero-order valence-electron chi connectivity index (χ0n) is 11.5. The minimum Gasteiger partial charge on any atom is -0.480 e. The SMILES string of the molecule is CCCC(NCc1ncc(C(C)(C)C)o1)C(=O)O. The van der Waals surface area contributed by atoms with E-state index < -0.39 is 12.0 Å². The lowest BCUT2D eigenvalue weighted by Crippen LogP contribution is -2.36. The molecule has 0 amide bonds. The van der Waals surface area contributed by atoms with Gasteiger partial charge in [-0.1, -0.05) is 34.1 Å². The number of rotatable bonds is 6. The van der Waals surface area contributed by atoms with Gasteiger partial charge >= 0.3 is 5.97 Å². The summed E-state index contributed by atoms with van der Waals surface area (Å²) in [5, 5.41) is 11.9. The maximum atomic E-state index is 11.0. The topological polar surface area (TPSA) is 75.4 Å². The molecule has 0 spiro atoms. The predicted octanol–water partition coefficient (Wildman–Crippen LogP) is 2.31. The summed E-state index contributed by atoms with van der Waals surface area (Å²) in [5.41, 5.74) is -0.0825. The van der Waals surface area contributed by atoms with Gasteiger partial charge in [0.25, 0.3) is 0 Å². The Bertz CT molecular complexity index is 393. The lowest BCUT2D eigenvalue weighted by Gasteiger charge is -2.14. The third-order valence-electron chi connectivity index (χ3n) is 2.67. The molecule has 1 aromatic heterocycles. The molecule has 0 radical (unpaired) electrons. The summed E-state index contributed by atoms with van der Waals surface area (Å²) in [5.74, 6) is 0.503. The first kappa shape index (κ1) is 14.7. The van der Waals surface area contributed by atoms with E-state index >= 15 is 0 Å². The first-order chi connectivity index (χ1) is 8.34. The fourth-order valence-corrected chi connectivity index (χ4v) is 1.55. The van der Waals surface area contributed by atoms with Gasteiger partial charge in [-0.25, -0.2) is 4.98 Å². The smallest absolute Gasteiger partial charge is 0.320 e. The highest BCUT2D eigenvalue weighted by Gasteiger charge is 2.20. The van der Waals surface area contributed by atoms with Crippen LogP contribution in [0, 0.1) is 0 Å². The molecule has 18 heavy (non-hydrogen) atoms. The molecule has 0 bridgehead atoms. The van der Waals surface area contributed by atoms with E-state index in [-0.39, 0.29) is 5.41 Å². The highest BCUT2D eigenvalue weighted by Crippen LogP contribution is 2.22. The molecule has 0 aliphatic rings. The van der Waals surface area contributed by atoms with Gasteiger partial charge in [-0.2, -0.15) is 0 Å². The van der Waals surface area contributed by atoms with Crippen LogP contribution in [0.25, 0.3) is 0 Å². The number of oxazole rings is 1. The lowest BCUT2D eigenvalue weighted by molar-refractivity contribution is -0.139. The van der Waals surface area contributed by atoms with Crippen molar-refractivity contribution in [1.29, 1.82) is 0 Å². The first-order valence-electron chi connectivity index (χ1n) is 6.26. The Balaban J connectivity index is 2.57. The number of nitrogens with zero attached hydrogens (tertiary/aromatic N) is 1. The Hall–Kier alpha value is -1.36. The van der Waals surface area contributed by atoms with E-state index in [9.17, 15) is 4.79 Å². The van der Waals surface area contributed by atoms with Crippen LogP contribution in [0.3, 0.4) is 0 Å². The van der Waals surface area contributed by atoms with Gasteiger partial charge in [0.1, 0.15) is 11.8 Å². The Morgan fingerprint density at radius 2 is 2.22 bits per heavy atom. The molecule has 0 aliphatic carbocycles. The van der Waals surface area contributed by atoms with Crippen LogP contribution in [0.5, 0.6) is 0 Å². The summed E-state index contributed by atoms with van der Waals surface area (Å²) in [4.78, 5) is 15.1. The van der Waals surface area contributed by atoms with Crippen LogP contribution in [-0.2, 0) is 16.8 Å². The van der Waals surface area contributed by atoms with Crippen LogP contribution in [-0.4, -0.2) is 22.1 Å². The summed E-state index contributed by atoms with van der Waals surface area (Å²) >= 11 is 0. The third kappa shape index (κ3) is 4.14. The van der Waals surface area contributed by atoms with Crippen LogP contribution in [0.15, 0.2) is 10.6 Å². The van der Waals surface area contributed by atoms with Gasteiger partial charge < -0.3 is 9.52 Å². The van der Waals surface area contributed by atoms with Gasteiger partial charge in [-0.05, 0) is 6.42 Å². The molecule has 5 heteroatoms. The highest BCUT2D eigenvalue weighted by molar-refractivity contribution is 5.73. The molecule has 5 nitrogen and oxygen atoms in total. The van der Waals surface area contributed by atoms with Gasteiger partial charge in [0.05, 0.1) is 12.7 Å². The highest BCUT2D eigenvalue weighted by atomic mass is 16.4. The summed E-state index contributed by atoms with van der Waals surface area (Å²) in [6, 6.07) is -0.542. The monoisotopic (exact) mass is 254 g/mol. The maximum Gasteiger partial charge on any atom is 0.320 e. The molecule has 2 N–H and O–H groups in total. The molecule has 102 valence electrons. The first-order valence-corrected chi connectivity index (χ1v) is 6.26. The summed E-state index contributed by atoms with van der Waals surface area (Å²) in [6.45, 7) is 8.43. The second-order valence-corrected chi connectivity index (χ2v) is 5.43. The standard InChI is InChI=1S/C13H22N2O3/c1-5-6-9(12(16)17)14-8-11-15-7-10(18-11)13(2,3)4/h7,9,14H,5-6,8H2,1-4H3,(H,16,17). The maximum absolute atomic E-state index is 11.0. The Morgan fingerprint density at radius 1 is 1.56 bits per heavy atom. The van der Waals surface area contributed by atoms with Gasteiger partial charge in [0.15, 0.2) is 0 Å². The molecular weight excluding hydrogens is 232 g/mol. The van der Waals surface area contributed by atoms with E-state index in [1.807, 2.05) is 27.7 Å². The number of aromatic nitrogens is 1. The molecule has 0 saturated carbocycles. The van der Waals surface area contributed by atoms with Gasteiger partial charge in [-0.3, -0.25) is 10.1 Å². The van der Waals surface area contributed by atoms with E-state index in [2.05, 4.69) is 10.3 Å². The average molecular weight is 254 g/mol. The Labute approximate surface area is 108 Å². The van der Waals surface area contributed by atoms with E-state index in [1.54, 1.807) is 6.20 Å². The van der Waals surface area contributed by atoms with Crippen molar-refractivity contribution >= 4 is 5.97 Å². The summed E-state index contributed by atoms with van der Waals surface area (Å²) < 4.78 is 5.59. The predicted molar refractivity (Wildman–Crippen MR) is 68.4 cm³/mol. The number of hydrogen-bond acceptors (Lipinski definition) is 4. The molecule has 0 aliphatic heterocycles. The number of carboxylic acid groups (broad SMARTS) is 1. The van der Waals surface area contributed by atoms with Crippen LogP contribution in [0.4, 0.5) is 0 Å². The summed E-state index contributed by atoms with van der Waals surface area (Å²) in [7, 11) is 0. The van der Waals surface area contributed by atoms with E-state index in [4.69, 9.17) is 9.52 Å². The largest absolute Gasteiger partial charge is 0.480 e. The van der Waals surface area contributed by atoms with Crippen molar-refractivity contribution in [3.05, 3.63) is 17.8 Å². The van der Waals surface area contributed by atoms with Crippen molar-refractivity contribution in [1.82, 2.24) is 10.3 Å². The molecule has 0 saturated heterocycles. The molecule has 1 atom stereocenters. The molecule has 1 aromatic rings. The Morgan fingerprint density at radius 3 is 2.67 bits per heavy atom. The van der Waals surface area contributed by atoms with Crippen molar-refractivity contribution in [3.8, 4) is 0 Å². The number of aliphatic carboxylic acids is 1. The number of hydrogen-bond donors (Lipinski definition) is 2. The van der Waals surface area contributed by atoms with Crippen molar-refractivity contribution in [3.63, 3.8) is 0 Å². The zero-order chi connectivity index (χ0) is 13.8. The van der Waals surface area contributed by atoms with Gasteiger partial charge in [0.2, 0.25) is 5.89 Å². The minimum atomic E-state index is -0.834. The number of carbonyl (C=O) groups is 1. The fourth-order valence-electron chi connectivity index (χ4n) is 1.55. The van der Waals surface area contributed by atoms with Crippen LogP contribution >= 0.6 is 0 Å². The number of nitrogens with one attached hydrogen (secondary N) is 1. The van der Waals surface area contributed by atoms with Crippen molar-refractivity contribution < 1.29 is 14.3 Å². The number of carboxylic acids is 1. The second kappa shape index (κ2) is 6.00. The molecule has 0 fully saturated rings.